The van der Waals surface area contributed by atoms with Crippen LogP contribution in [0.4, 0.5) is 0 Å². The van der Waals surface area contributed by atoms with Gasteiger partial charge in [-0.3, -0.25) is 24.0 Å². The van der Waals surface area contributed by atoms with Crippen molar-refractivity contribution in [1.29, 1.82) is 0 Å². The number of amides is 1. The first-order valence-electron chi connectivity index (χ1n) is 11.1. The Morgan fingerprint density at radius 3 is 2.11 bits per heavy atom. The van der Waals surface area contributed by atoms with E-state index in [1.165, 1.54) is 6.92 Å². The Balaban J connectivity index is 1.90. The highest BCUT2D eigenvalue weighted by molar-refractivity contribution is 8.41. The predicted octanol–water partition coefficient (Wildman–Crippen LogP) is 2.47. The van der Waals surface area contributed by atoms with Crippen molar-refractivity contribution in [3.63, 3.8) is 0 Å². The summed E-state index contributed by atoms with van der Waals surface area (Å²) in [6, 6.07) is 9.21. The maximum Gasteiger partial charge on any atom is 0.303 e. The van der Waals surface area contributed by atoms with Crippen LogP contribution in [0.5, 0.6) is 0 Å². The fourth-order valence-electron chi connectivity index (χ4n) is 3.52. The van der Waals surface area contributed by atoms with Crippen molar-refractivity contribution in [3.05, 3.63) is 40.8 Å². The lowest BCUT2D eigenvalue weighted by Gasteiger charge is -2.44. The van der Waals surface area contributed by atoms with E-state index < -0.39 is 59.6 Å². The van der Waals surface area contributed by atoms with Crippen molar-refractivity contribution in [2.75, 3.05) is 6.61 Å². The minimum absolute atomic E-state index is 0.299. The minimum Gasteiger partial charge on any atom is -0.463 e. The molecule has 0 unspecified atom stereocenters. The van der Waals surface area contributed by atoms with Crippen LogP contribution in [0.3, 0.4) is 0 Å². The second-order valence-electron chi connectivity index (χ2n) is 7.89. The van der Waals surface area contributed by atoms with Gasteiger partial charge in [-0.05, 0) is 11.6 Å². The van der Waals surface area contributed by atoms with Crippen molar-refractivity contribution in [2.24, 2.45) is 4.99 Å². The number of carbonyl (C=O) groups is 5. The van der Waals surface area contributed by atoms with Crippen LogP contribution in [0.2, 0.25) is 0 Å². The molecule has 0 N–H and O–H groups in total. The molecule has 5 atom stereocenters. The average Bonchev–Trinajstić information content (AvgIpc) is 3.14. The van der Waals surface area contributed by atoms with E-state index in [9.17, 15) is 24.0 Å². The fourth-order valence-corrected chi connectivity index (χ4v) is 5.79. The number of rotatable bonds is 7. The van der Waals surface area contributed by atoms with E-state index >= 15 is 0 Å². The van der Waals surface area contributed by atoms with Crippen molar-refractivity contribution in [1.82, 2.24) is 0 Å². The van der Waals surface area contributed by atoms with E-state index in [-0.39, 0.29) is 6.61 Å². The zero-order valence-electron chi connectivity index (χ0n) is 20.4. The largest absolute Gasteiger partial charge is 0.463 e. The molecule has 1 aromatic rings. The Kier molecular flexibility index (Phi) is 9.89. The Morgan fingerprint density at radius 1 is 0.919 bits per heavy atom. The number of esters is 4. The summed E-state index contributed by atoms with van der Waals surface area (Å²) in [7, 11) is 0. The molecule has 11 nitrogen and oxygen atoms in total. The van der Waals surface area contributed by atoms with Gasteiger partial charge in [0.2, 0.25) is 0 Å². The molecule has 13 heteroatoms. The Labute approximate surface area is 221 Å². The third-order valence-electron chi connectivity index (χ3n) is 4.86. The van der Waals surface area contributed by atoms with E-state index in [2.05, 4.69) is 4.99 Å². The van der Waals surface area contributed by atoms with Crippen LogP contribution in [0.25, 0.3) is 6.08 Å². The summed E-state index contributed by atoms with van der Waals surface area (Å²) < 4.78 is 27.6. The first-order valence-corrected chi connectivity index (χ1v) is 12.8. The number of thioether (sulfide) groups is 2. The van der Waals surface area contributed by atoms with E-state index in [1.807, 2.05) is 30.3 Å². The van der Waals surface area contributed by atoms with Gasteiger partial charge < -0.3 is 23.7 Å². The van der Waals surface area contributed by atoms with Crippen LogP contribution in [-0.2, 0) is 47.7 Å². The maximum absolute atomic E-state index is 12.5. The molecule has 0 saturated carbocycles. The summed E-state index contributed by atoms with van der Waals surface area (Å²) in [5, 5.41) is 0. The number of benzene rings is 1. The van der Waals surface area contributed by atoms with Crippen LogP contribution < -0.4 is 0 Å². The van der Waals surface area contributed by atoms with E-state index in [4.69, 9.17) is 23.7 Å². The third kappa shape index (κ3) is 8.17. The van der Waals surface area contributed by atoms with Gasteiger partial charge in [0.25, 0.3) is 5.91 Å². The number of carbonyl (C=O) groups excluding carboxylic acids is 5. The molecule has 0 aliphatic carbocycles. The van der Waals surface area contributed by atoms with E-state index in [1.54, 1.807) is 6.08 Å². The molecule has 1 saturated heterocycles. The Morgan fingerprint density at radius 2 is 1.51 bits per heavy atom. The van der Waals surface area contributed by atoms with Crippen LogP contribution in [0.1, 0.15) is 33.3 Å². The van der Waals surface area contributed by atoms with Crippen molar-refractivity contribution in [3.8, 4) is 0 Å². The molecule has 0 bridgehead atoms. The SMILES string of the molecule is CC(=O)OC[C@@H]1O[C@@H](SC2=NC(=O)/C(=C/c3ccccc3)S2)[C@@H](OC(C)=O)[C@@H](OC(C)=O)[C@H]1OC(C)=O. The quantitative estimate of drug-likeness (QED) is 0.279. The lowest BCUT2D eigenvalue weighted by atomic mass is 9.99. The van der Waals surface area contributed by atoms with Gasteiger partial charge in [0.15, 0.2) is 23.7 Å². The van der Waals surface area contributed by atoms with Gasteiger partial charge in [-0.2, -0.15) is 4.99 Å². The average molecular weight is 552 g/mol. The van der Waals surface area contributed by atoms with Crippen LogP contribution in [0, 0.1) is 0 Å². The number of nitrogens with zero attached hydrogens (tertiary/aromatic N) is 1. The lowest BCUT2D eigenvalue weighted by Crippen LogP contribution is -2.61. The highest BCUT2D eigenvalue weighted by Gasteiger charge is 2.53. The molecule has 1 fully saturated rings. The van der Waals surface area contributed by atoms with Crippen molar-refractivity contribution >= 4 is 63.8 Å². The van der Waals surface area contributed by atoms with Gasteiger partial charge in [0, 0.05) is 27.7 Å². The second-order valence-corrected chi connectivity index (χ2v) is 10.3. The first-order chi connectivity index (χ1) is 17.5. The normalized spacial score (nSPS) is 26.3. The Bertz CT molecular complexity index is 1120. The number of aliphatic imine (C=N–C) groups is 1. The molecule has 1 aromatic carbocycles. The van der Waals surface area contributed by atoms with Gasteiger partial charge in [-0.1, -0.05) is 53.9 Å². The molecule has 0 radical (unpaired) electrons. The first kappa shape index (κ1) is 28.4. The summed E-state index contributed by atoms with van der Waals surface area (Å²) >= 11 is 2.07. The molecule has 0 spiro atoms. The maximum atomic E-state index is 12.5. The van der Waals surface area contributed by atoms with Crippen molar-refractivity contribution < 1.29 is 47.7 Å². The van der Waals surface area contributed by atoms with Gasteiger partial charge in [-0.25, -0.2) is 0 Å². The Hall–Kier alpha value is -3.16. The monoisotopic (exact) mass is 551 g/mol. The molecule has 2 heterocycles. The van der Waals surface area contributed by atoms with Gasteiger partial charge >= 0.3 is 23.9 Å². The highest BCUT2D eigenvalue weighted by Crippen LogP contribution is 2.41. The summed E-state index contributed by atoms with van der Waals surface area (Å²) in [4.78, 5) is 64.1. The topological polar surface area (TPSA) is 144 Å². The van der Waals surface area contributed by atoms with Crippen LogP contribution in [0.15, 0.2) is 40.2 Å². The lowest BCUT2D eigenvalue weighted by molar-refractivity contribution is -0.237. The molecular formula is C24H25NO10S2. The molecule has 37 heavy (non-hydrogen) atoms. The standard InChI is InChI=1S/C24H25NO10S2/c1-12(26)31-11-17-19(32-13(2)27)20(33-14(3)28)21(34-15(4)29)23(35-17)37-24-25-22(30)18(36-24)10-16-8-6-5-7-9-16/h5-10,17,19-21,23H,11H2,1-4H3/b18-10-/t17-,19-,20-,21-,23-/m0/s1. The number of hydrogen-bond donors (Lipinski definition) is 0. The number of hydrogen-bond acceptors (Lipinski definition) is 12. The van der Waals surface area contributed by atoms with E-state index in [0.717, 1.165) is 49.9 Å². The molecular weight excluding hydrogens is 526 g/mol. The van der Waals surface area contributed by atoms with Gasteiger partial charge in [0.05, 0.1) is 4.91 Å². The second kappa shape index (κ2) is 12.9. The summed E-state index contributed by atoms with van der Waals surface area (Å²) in [6.45, 7) is 4.30. The predicted molar refractivity (Wildman–Crippen MR) is 134 cm³/mol. The number of ether oxygens (including phenoxy) is 5. The summed E-state index contributed by atoms with van der Waals surface area (Å²) in [6.07, 6.45) is -3.18. The highest BCUT2D eigenvalue weighted by atomic mass is 32.2. The fraction of sp³-hybridized carbons (Fsp3) is 0.417. The third-order valence-corrected chi connectivity index (χ3v) is 7.08. The van der Waals surface area contributed by atoms with Gasteiger partial charge in [-0.15, -0.1) is 0 Å². The van der Waals surface area contributed by atoms with Crippen molar-refractivity contribution in [2.45, 2.75) is 57.5 Å². The molecule has 2 aliphatic heterocycles. The van der Waals surface area contributed by atoms with Crippen LogP contribution >= 0.6 is 23.5 Å². The molecule has 0 aromatic heterocycles. The van der Waals surface area contributed by atoms with Crippen LogP contribution in [-0.4, -0.2) is 70.6 Å². The summed E-state index contributed by atoms with van der Waals surface area (Å²) in [5.41, 5.74) is -0.247. The molecule has 2 aliphatic rings. The smallest absolute Gasteiger partial charge is 0.303 e. The van der Waals surface area contributed by atoms with E-state index in [0.29, 0.717) is 9.28 Å². The molecule has 3 rings (SSSR count). The minimum atomic E-state index is -1.29. The molecule has 1 amide bonds. The summed E-state index contributed by atoms with van der Waals surface area (Å²) in [5.74, 6) is -3.23. The van der Waals surface area contributed by atoms with Gasteiger partial charge in [0.1, 0.15) is 17.1 Å². The zero-order valence-corrected chi connectivity index (χ0v) is 22.0. The molecule has 198 valence electrons. The zero-order chi connectivity index (χ0) is 27.1.